The molecule has 0 heterocycles. The van der Waals surface area contributed by atoms with Gasteiger partial charge in [0.1, 0.15) is 0 Å². The van der Waals surface area contributed by atoms with Crippen LogP contribution >= 0.6 is 0 Å². The standard InChI is InChI=1S/C49H98O2/c1-3-4-5-6-7-8-9-10-11-12-13-14-15-16-17-18-19-20-21-22-23-24-25-26-27-28-29-30-31-32-33-34-35-36-37-38-39-40-41-42-43-44-45-46-47-48-49(50)51-2/h3-48H2,1-2H3. The fraction of sp³-hybridized carbons (Fsp3) is 0.980. The van der Waals surface area contributed by atoms with Gasteiger partial charge in [0.05, 0.1) is 7.11 Å². The van der Waals surface area contributed by atoms with Crippen molar-refractivity contribution < 1.29 is 9.53 Å². The summed E-state index contributed by atoms with van der Waals surface area (Å²) in [5, 5.41) is 0. The van der Waals surface area contributed by atoms with E-state index in [1.54, 1.807) is 0 Å². The molecule has 306 valence electrons. The van der Waals surface area contributed by atoms with E-state index in [0.717, 1.165) is 6.42 Å². The van der Waals surface area contributed by atoms with Crippen LogP contribution < -0.4 is 0 Å². The van der Waals surface area contributed by atoms with Crippen LogP contribution in [0, 0.1) is 0 Å². The molecule has 0 aliphatic rings. The van der Waals surface area contributed by atoms with E-state index in [1.807, 2.05) is 0 Å². The smallest absolute Gasteiger partial charge is 0.305 e. The van der Waals surface area contributed by atoms with Crippen LogP contribution in [0.15, 0.2) is 0 Å². The van der Waals surface area contributed by atoms with Crippen LogP contribution in [0.5, 0.6) is 0 Å². The van der Waals surface area contributed by atoms with Crippen molar-refractivity contribution in [2.75, 3.05) is 7.11 Å². The maximum absolute atomic E-state index is 11.1. The van der Waals surface area contributed by atoms with E-state index in [9.17, 15) is 4.79 Å². The number of hydrogen-bond acceptors (Lipinski definition) is 2. The predicted octanol–water partition coefficient (Wildman–Crippen LogP) is 18.1. The molecule has 0 bridgehead atoms. The Labute approximate surface area is 324 Å². The molecular weight excluding hydrogens is 621 g/mol. The second-order valence-electron chi connectivity index (χ2n) is 16.9. The molecule has 0 aromatic carbocycles. The number of rotatable bonds is 46. The molecule has 0 aliphatic heterocycles. The van der Waals surface area contributed by atoms with Crippen molar-refractivity contribution in [1.82, 2.24) is 0 Å². The van der Waals surface area contributed by atoms with Crippen molar-refractivity contribution in [3.05, 3.63) is 0 Å². The van der Waals surface area contributed by atoms with Gasteiger partial charge in [0.15, 0.2) is 0 Å². The summed E-state index contributed by atoms with van der Waals surface area (Å²) >= 11 is 0. The number of carbonyl (C=O) groups excluding carboxylic acids is 1. The number of carbonyl (C=O) groups is 1. The van der Waals surface area contributed by atoms with Crippen molar-refractivity contribution in [1.29, 1.82) is 0 Å². The van der Waals surface area contributed by atoms with Gasteiger partial charge in [-0.2, -0.15) is 0 Å². The number of ether oxygens (including phenoxy) is 1. The Morgan fingerprint density at radius 3 is 0.529 bits per heavy atom. The third-order valence-corrected chi connectivity index (χ3v) is 11.7. The summed E-state index contributed by atoms with van der Waals surface area (Å²) in [5.74, 6) is -0.0582. The molecule has 0 rings (SSSR count). The highest BCUT2D eigenvalue weighted by Gasteiger charge is 2.00. The molecule has 0 aliphatic carbocycles. The summed E-state index contributed by atoms with van der Waals surface area (Å²) in [5.41, 5.74) is 0. The third-order valence-electron chi connectivity index (χ3n) is 11.7. The van der Waals surface area contributed by atoms with Gasteiger partial charge in [-0.05, 0) is 6.42 Å². The monoisotopic (exact) mass is 719 g/mol. The third kappa shape index (κ3) is 47.4. The first-order valence-electron chi connectivity index (χ1n) is 24.4. The normalized spacial score (nSPS) is 11.5. The summed E-state index contributed by atoms with van der Waals surface area (Å²) in [6, 6.07) is 0. The minimum atomic E-state index is -0.0582. The molecule has 2 nitrogen and oxygen atoms in total. The minimum absolute atomic E-state index is 0.0582. The topological polar surface area (TPSA) is 26.3 Å². The van der Waals surface area contributed by atoms with E-state index in [0.29, 0.717) is 6.42 Å². The van der Waals surface area contributed by atoms with Gasteiger partial charge >= 0.3 is 5.97 Å². The Balaban J connectivity index is 3.05. The predicted molar refractivity (Wildman–Crippen MR) is 230 cm³/mol. The van der Waals surface area contributed by atoms with Crippen molar-refractivity contribution in [3.63, 3.8) is 0 Å². The maximum atomic E-state index is 11.1. The Hall–Kier alpha value is -0.530. The maximum Gasteiger partial charge on any atom is 0.305 e. The van der Waals surface area contributed by atoms with Crippen molar-refractivity contribution >= 4 is 5.97 Å². The molecule has 51 heavy (non-hydrogen) atoms. The second kappa shape index (κ2) is 47.5. The van der Waals surface area contributed by atoms with Gasteiger partial charge in [0, 0.05) is 6.42 Å². The van der Waals surface area contributed by atoms with E-state index >= 15 is 0 Å². The van der Waals surface area contributed by atoms with E-state index < -0.39 is 0 Å². The average Bonchev–Trinajstić information content (AvgIpc) is 3.14. The van der Waals surface area contributed by atoms with Crippen LogP contribution in [-0.2, 0) is 9.53 Å². The zero-order valence-corrected chi connectivity index (χ0v) is 35.8. The van der Waals surface area contributed by atoms with Crippen molar-refractivity contribution in [2.24, 2.45) is 0 Å². The first kappa shape index (κ1) is 50.5. The number of unbranched alkanes of at least 4 members (excludes halogenated alkanes) is 44. The largest absolute Gasteiger partial charge is 0.469 e. The fourth-order valence-electron chi connectivity index (χ4n) is 8.05. The van der Waals surface area contributed by atoms with Gasteiger partial charge in [-0.15, -0.1) is 0 Å². The zero-order valence-electron chi connectivity index (χ0n) is 35.8. The van der Waals surface area contributed by atoms with Gasteiger partial charge in [-0.3, -0.25) is 4.79 Å². The Bertz CT molecular complexity index is 615. The van der Waals surface area contributed by atoms with Gasteiger partial charge in [-0.1, -0.05) is 289 Å². The second-order valence-corrected chi connectivity index (χ2v) is 16.9. The Morgan fingerprint density at radius 1 is 0.255 bits per heavy atom. The summed E-state index contributed by atoms with van der Waals surface area (Å²) in [7, 11) is 1.48. The molecule has 0 unspecified atom stereocenters. The number of esters is 1. The summed E-state index contributed by atoms with van der Waals surface area (Å²) in [4.78, 5) is 11.1. The van der Waals surface area contributed by atoms with Gasteiger partial charge in [-0.25, -0.2) is 0 Å². The fourth-order valence-corrected chi connectivity index (χ4v) is 8.05. The SMILES string of the molecule is CCCCCCCCCCCCCCCCCCCCCCCCCCCCCCCCCCCCCCCCCCCCCCCC(=O)OC. The average molecular weight is 719 g/mol. The molecule has 0 aromatic rings. The lowest BCUT2D eigenvalue weighted by Gasteiger charge is -2.05. The highest BCUT2D eigenvalue weighted by Crippen LogP contribution is 2.18. The summed E-state index contributed by atoms with van der Waals surface area (Å²) in [6.45, 7) is 2.31. The van der Waals surface area contributed by atoms with E-state index in [4.69, 9.17) is 4.74 Å². The van der Waals surface area contributed by atoms with E-state index in [2.05, 4.69) is 6.92 Å². The highest BCUT2D eigenvalue weighted by molar-refractivity contribution is 5.68. The molecule has 0 aromatic heterocycles. The molecule has 0 spiro atoms. The van der Waals surface area contributed by atoms with Crippen molar-refractivity contribution in [3.8, 4) is 0 Å². The zero-order chi connectivity index (χ0) is 36.8. The molecule has 0 saturated heterocycles. The van der Waals surface area contributed by atoms with Crippen LogP contribution in [0.1, 0.15) is 302 Å². The van der Waals surface area contributed by atoms with Crippen LogP contribution in [0.4, 0.5) is 0 Å². The lowest BCUT2D eigenvalue weighted by atomic mass is 10.0. The molecule has 0 radical (unpaired) electrons. The molecule has 0 N–H and O–H groups in total. The number of hydrogen-bond donors (Lipinski definition) is 0. The summed E-state index contributed by atoms with van der Waals surface area (Å²) in [6.07, 6.45) is 65.6. The molecular formula is C49H98O2. The first-order chi connectivity index (χ1) is 25.3. The van der Waals surface area contributed by atoms with E-state index in [-0.39, 0.29) is 5.97 Å². The quantitative estimate of drug-likeness (QED) is 0.0463. The number of methoxy groups -OCH3 is 1. The molecule has 0 atom stereocenters. The molecule has 0 amide bonds. The lowest BCUT2D eigenvalue weighted by molar-refractivity contribution is -0.140. The van der Waals surface area contributed by atoms with E-state index in [1.165, 1.54) is 290 Å². The van der Waals surface area contributed by atoms with Crippen molar-refractivity contribution in [2.45, 2.75) is 302 Å². The summed E-state index contributed by atoms with van der Waals surface area (Å²) < 4.78 is 4.69. The van der Waals surface area contributed by atoms with Gasteiger partial charge in [0.25, 0.3) is 0 Å². The first-order valence-corrected chi connectivity index (χ1v) is 24.4. The lowest BCUT2D eigenvalue weighted by Crippen LogP contribution is -1.99. The molecule has 2 heteroatoms. The molecule has 0 fully saturated rings. The minimum Gasteiger partial charge on any atom is -0.469 e. The molecule has 0 saturated carbocycles. The Morgan fingerprint density at radius 2 is 0.392 bits per heavy atom. The van der Waals surface area contributed by atoms with Gasteiger partial charge in [0.2, 0.25) is 0 Å². The van der Waals surface area contributed by atoms with Crippen LogP contribution in [0.2, 0.25) is 0 Å². The van der Waals surface area contributed by atoms with Crippen LogP contribution in [-0.4, -0.2) is 13.1 Å². The van der Waals surface area contributed by atoms with Crippen LogP contribution in [0.3, 0.4) is 0 Å². The Kier molecular flexibility index (Phi) is 47.0. The highest BCUT2D eigenvalue weighted by atomic mass is 16.5. The van der Waals surface area contributed by atoms with Crippen LogP contribution in [0.25, 0.3) is 0 Å². The van der Waals surface area contributed by atoms with Gasteiger partial charge < -0.3 is 4.74 Å².